The molecule has 0 aliphatic carbocycles. The number of amides is 4. The number of carbonyl (C=O) groups is 4. The molecule has 0 saturated carbocycles. The van der Waals surface area contributed by atoms with E-state index in [1.165, 1.54) is 0 Å². The van der Waals surface area contributed by atoms with Crippen LogP contribution in [0.2, 0.25) is 0 Å². The van der Waals surface area contributed by atoms with Crippen LogP contribution in [0.1, 0.15) is 46.4 Å². The number of piperidine rings is 2. The Morgan fingerprint density at radius 3 is 2.50 bits per heavy atom. The third-order valence-electron chi connectivity index (χ3n) is 5.89. The molecule has 3 heterocycles. The summed E-state index contributed by atoms with van der Waals surface area (Å²) >= 11 is 0. The van der Waals surface area contributed by atoms with Crippen molar-refractivity contribution in [3.05, 3.63) is 29.3 Å². The van der Waals surface area contributed by atoms with Crippen LogP contribution in [0.25, 0.3) is 0 Å². The zero-order valence-corrected chi connectivity index (χ0v) is 15.9. The Hall–Kier alpha value is -2.74. The van der Waals surface area contributed by atoms with Gasteiger partial charge >= 0.3 is 0 Å². The molecule has 1 atom stereocenters. The van der Waals surface area contributed by atoms with E-state index in [0.29, 0.717) is 17.0 Å². The maximum Gasteiger partial charge on any atom is 0.264 e. The van der Waals surface area contributed by atoms with Crippen molar-refractivity contribution in [2.75, 3.05) is 31.6 Å². The smallest absolute Gasteiger partial charge is 0.264 e. The van der Waals surface area contributed by atoms with Gasteiger partial charge in [0.15, 0.2) is 0 Å². The molecule has 3 aliphatic heterocycles. The van der Waals surface area contributed by atoms with Gasteiger partial charge in [0.2, 0.25) is 11.8 Å². The van der Waals surface area contributed by atoms with Crippen molar-refractivity contribution in [3.63, 3.8) is 0 Å². The quantitative estimate of drug-likeness (QED) is 0.735. The molecule has 8 nitrogen and oxygen atoms in total. The van der Waals surface area contributed by atoms with Gasteiger partial charge in [0.1, 0.15) is 6.04 Å². The minimum atomic E-state index is -0.931. The van der Waals surface area contributed by atoms with Gasteiger partial charge in [-0.25, -0.2) is 0 Å². The molecule has 2 N–H and O–H groups in total. The van der Waals surface area contributed by atoms with E-state index < -0.39 is 23.8 Å². The first-order valence-corrected chi connectivity index (χ1v) is 9.75. The third kappa shape index (κ3) is 3.07. The molecule has 0 aromatic heterocycles. The highest BCUT2D eigenvalue weighted by atomic mass is 16.2. The molecule has 2 fully saturated rings. The van der Waals surface area contributed by atoms with Crippen molar-refractivity contribution in [2.45, 2.75) is 31.7 Å². The Morgan fingerprint density at radius 2 is 1.82 bits per heavy atom. The van der Waals surface area contributed by atoms with E-state index in [-0.39, 0.29) is 18.7 Å². The highest BCUT2D eigenvalue weighted by molar-refractivity contribution is 6.25. The first-order chi connectivity index (χ1) is 13.5. The second-order valence-corrected chi connectivity index (χ2v) is 7.64. The molecule has 4 amide bonds. The van der Waals surface area contributed by atoms with Crippen LogP contribution >= 0.6 is 0 Å². The molecule has 28 heavy (non-hydrogen) atoms. The molecule has 0 spiro atoms. The average Bonchev–Trinajstić information content (AvgIpc) is 2.94. The highest BCUT2D eigenvalue weighted by Gasteiger charge is 2.46. The maximum absolute atomic E-state index is 13.2. The summed E-state index contributed by atoms with van der Waals surface area (Å²) in [5.41, 5.74) is 1.47. The van der Waals surface area contributed by atoms with Gasteiger partial charge in [-0.15, -0.1) is 0 Å². The van der Waals surface area contributed by atoms with Gasteiger partial charge in [-0.2, -0.15) is 0 Å². The van der Waals surface area contributed by atoms with E-state index in [9.17, 15) is 19.2 Å². The second kappa shape index (κ2) is 7.35. The fraction of sp³-hybridized carbons (Fsp3) is 0.500. The van der Waals surface area contributed by atoms with Crippen LogP contribution in [0.4, 0.5) is 5.69 Å². The summed E-state index contributed by atoms with van der Waals surface area (Å²) in [7, 11) is 1.95. The molecule has 2 saturated heterocycles. The lowest BCUT2D eigenvalue weighted by Gasteiger charge is -2.34. The largest absolute Gasteiger partial charge is 0.371 e. The van der Waals surface area contributed by atoms with Crippen molar-refractivity contribution in [2.24, 2.45) is 5.92 Å². The lowest BCUT2D eigenvalue weighted by Crippen LogP contribution is -2.54. The first-order valence-electron chi connectivity index (χ1n) is 9.75. The summed E-state index contributed by atoms with van der Waals surface area (Å²) < 4.78 is 0. The predicted molar refractivity (Wildman–Crippen MR) is 102 cm³/mol. The molecule has 8 heteroatoms. The zero-order valence-electron chi connectivity index (χ0n) is 15.9. The number of rotatable bonds is 4. The van der Waals surface area contributed by atoms with Gasteiger partial charge in [-0.1, -0.05) is 6.07 Å². The normalized spacial score (nSPS) is 23.2. The number of benzene rings is 1. The van der Waals surface area contributed by atoms with E-state index in [4.69, 9.17) is 0 Å². The number of imide groups is 2. The summed E-state index contributed by atoms with van der Waals surface area (Å²) in [5, 5.41) is 5.44. The third-order valence-corrected chi connectivity index (χ3v) is 5.89. The Kier molecular flexibility index (Phi) is 4.89. The van der Waals surface area contributed by atoms with Gasteiger partial charge in [-0.3, -0.25) is 29.4 Å². The molecule has 1 aromatic carbocycles. The van der Waals surface area contributed by atoms with Crippen LogP contribution in [0.5, 0.6) is 0 Å². The van der Waals surface area contributed by atoms with Crippen molar-refractivity contribution in [1.29, 1.82) is 0 Å². The van der Waals surface area contributed by atoms with E-state index in [1.807, 2.05) is 13.1 Å². The van der Waals surface area contributed by atoms with E-state index in [1.54, 1.807) is 12.1 Å². The molecule has 1 aromatic rings. The average molecular weight is 384 g/mol. The van der Waals surface area contributed by atoms with Crippen LogP contribution in [0, 0.1) is 5.92 Å². The summed E-state index contributed by atoms with van der Waals surface area (Å²) in [4.78, 5) is 52.9. The maximum atomic E-state index is 13.2. The van der Waals surface area contributed by atoms with E-state index in [0.717, 1.165) is 43.1 Å². The van der Waals surface area contributed by atoms with Crippen LogP contribution in [-0.2, 0) is 9.59 Å². The summed E-state index contributed by atoms with van der Waals surface area (Å²) in [5.74, 6) is -1.25. The Labute approximate surface area is 163 Å². The SMILES string of the molecule is CNCC1CCN(c2cccc3c2C(=O)N(C2CCC(=O)NC2=O)C3=O)CC1. The van der Waals surface area contributed by atoms with Crippen molar-refractivity contribution in [3.8, 4) is 0 Å². The minimum absolute atomic E-state index is 0.121. The number of anilines is 1. The fourth-order valence-corrected chi connectivity index (χ4v) is 4.43. The lowest BCUT2D eigenvalue weighted by atomic mass is 9.95. The molecule has 0 radical (unpaired) electrons. The second-order valence-electron chi connectivity index (χ2n) is 7.64. The fourth-order valence-electron chi connectivity index (χ4n) is 4.43. The van der Waals surface area contributed by atoms with Crippen LogP contribution in [0.3, 0.4) is 0 Å². The monoisotopic (exact) mass is 384 g/mol. The number of fused-ring (bicyclic) bond motifs is 1. The molecular formula is C20H24N4O4. The molecule has 1 unspecified atom stereocenters. The Morgan fingerprint density at radius 1 is 1.07 bits per heavy atom. The predicted octanol–water partition coefficient (Wildman–Crippen LogP) is 0.524. The number of hydrogen-bond donors (Lipinski definition) is 2. The van der Waals surface area contributed by atoms with Crippen molar-refractivity contribution >= 4 is 29.3 Å². The Bertz CT molecular complexity index is 845. The van der Waals surface area contributed by atoms with Gasteiger partial charge in [0.05, 0.1) is 16.8 Å². The first kappa shape index (κ1) is 18.6. The van der Waals surface area contributed by atoms with E-state index in [2.05, 4.69) is 15.5 Å². The molecule has 3 aliphatic rings. The van der Waals surface area contributed by atoms with Gasteiger partial charge < -0.3 is 10.2 Å². The number of nitrogens with zero attached hydrogens (tertiary/aromatic N) is 2. The zero-order chi connectivity index (χ0) is 19.8. The van der Waals surface area contributed by atoms with Crippen LogP contribution < -0.4 is 15.5 Å². The number of nitrogens with one attached hydrogen (secondary N) is 2. The van der Waals surface area contributed by atoms with Gasteiger partial charge in [0, 0.05) is 19.5 Å². The topological polar surface area (TPSA) is 98.8 Å². The standard InChI is InChI=1S/C20H24N4O4/c1-21-11-12-7-9-23(10-8-12)14-4-2-3-13-17(14)20(28)24(19(13)27)15-5-6-16(25)22-18(15)26/h2-4,12,15,21H,5-11H2,1H3,(H,22,25,26). The van der Waals surface area contributed by atoms with Crippen molar-refractivity contribution in [1.82, 2.24) is 15.5 Å². The van der Waals surface area contributed by atoms with Gasteiger partial charge in [-0.05, 0) is 50.9 Å². The minimum Gasteiger partial charge on any atom is -0.371 e. The molecule has 0 bridgehead atoms. The summed E-state index contributed by atoms with van der Waals surface area (Å²) in [6, 6.07) is 4.36. The molecule has 4 rings (SSSR count). The molecule has 148 valence electrons. The van der Waals surface area contributed by atoms with Crippen molar-refractivity contribution < 1.29 is 19.2 Å². The highest BCUT2D eigenvalue weighted by Crippen LogP contribution is 2.35. The number of carbonyl (C=O) groups excluding carboxylic acids is 4. The summed E-state index contributed by atoms with van der Waals surface area (Å²) in [6.07, 6.45) is 2.32. The molecular weight excluding hydrogens is 360 g/mol. The Balaban J connectivity index is 1.60. The lowest BCUT2D eigenvalue weighted by molar-refractivity contribution is -0.136. The summed E-state index contributed by atoms with van der Waals surface area (Å²) in [6.45, 7) is 2.62. The number of hydrogen-bond acceptors (Lipinski definition) is 6. The van der Waals surface area contributed by atoms with Crippen LogP contribution in [0.15, 0.2) is 18.2 Å². The van der Waals surface area contributed by atoms with E-state index >= 15 is 0 Å². The van der Waals surface area contributed by atoms with Crippen LogP contribution in [-0.4, -0.2) is 61.3 Å². The van der Waals surface area contributed by atoms with Gasteiger partial charge in [0.25, 0.3) is 11.8 Å².